The summed E-state index contributed by atoms with van der Waals surface area (Å²) in [7, 11) is 0. The van der Waals surface area contributed by atoms with Crippen molar-refractivity contribution in [1.29, 1.82) is 0 Å². The number of rotatable bonds is 1. The van der Waals surface area contributed by atoms with E-state index in [1.807, 2.05) is 6.92 Å². The summed E-state index contributed by atoms with van der Waals surface area (Å²) in [5.41, 5.74) is 1.08. The molecule has 1 aliphatic carbocycles. The van der Waals surface area contributed by atoms with Crippen LogP contribution in [-0.4, -0.2) is 16.3 Å². The molecule has 0 amide bonds. The average molecular weight is 154 g/mol. The summed E-state index contributed by atoms with van der Waals surface area (Å²) in [6, 6.07) is 0. The standard InChI is InChI=1S/C9H14O2/c1-6(2)7-3-4-8(10)9(11)5-7/h4,7,9-11H,1,3,5H2,2H3/t7-,9+/m0/s1. The van der Waals surface area contributed by atoms with Crippen LogP contribution in [0.25, 0.3) is 0 Å². The monoisotopic (exact) mass is 154 g/mol. The molecule has 1 aliphatic rings. The fraction of sp³-hybridized carbons (Fsp3) is 0.556. The third-order valence-electron chi connectivity index (χ3n) is 2.16. The van der Waals surface area contributed by atoms with Gasteiger partial charge in [-0.3, -0.25) is 0 Å². The molecule has 0 saturated carbocycles. The smallest absolute Gasteiger partial charge is 0.117 e. The molecule has 2 heteroatoms. The van der Waals surface area contributed by atoms with Crippen molar-refractivity contribution in [3.63, 3.8) is 0 Å². The van der Waals surface area contributed by atoms with Crippen molar-refractivity contribution in [2.45, 2.75) is 25.9 Å². The number of aliphatic hydroxyl groups is 2. The van der Waals surface area contributed by atoms with Gasteiger partial charge in [0.15, 0.2) is 0 Å². The minimum atomic E-state index is -0.676. The number of hydrogen-bond donors (Lipinski definition) is 2. The van der Waals surface area contributed by atoms with Gasteiger partial charge in [0.2, 0.25) is 0 Å². The average Bonchev–Trinajstić information content (AvgIpc) is 1.94. The van der Waals surface area contributed by atoms with Gasteiger partial charge >= 0.3 is 0 Å². The SMILES string of the molecule is C=C(C)[C@H]1CC=C(O)[C@H](O)C1. The van der Waals surface area contributed by atoms with E-state index in [1.165, 1.54) is 0 Å². The van der Waals surface area contributed by atoms with Gasteiger partial charge in [-0.05, 0) is 31.8 Å². The van der Waals surface area contributed by atoms with E-state index in [4.69, 9.17) is 5.11 Å². The molecule has 0 aromatic carbocycles. The van der Waals surface area contributed by atoms with Crippen molar-refractivity contribution >= 4 is 0 Å². The van der Waals surface area contributed by atoms with E-state index in [9.17, 15) is 5.11 Å². The molecule has 11 heavy (non-hydrogen) atoms. The molecule has 0 fully saturated rings. The van der Waals surface area contributed by atoms with Crippen LogP contribution in [0.4, 0.5) is 0 Å². The van der Waals surface area contributed by atoms with Crippen LogP contribution in [0.1, 0.15) is 19.8 Å². The minimum absolute atomic E-state index is 0.113. The van der Waals surface area contributed by atoms with Gasteiger partial charge in [-0.2, -0.15) is 0 Å². The Hall–Kier alpha value is -0.760. The van der Waals surface area contributed by atoms with Crippen molar-refractivity contribution in [1.82, 2.24) is 0 Å². The van der Waals surface area contributed by atoms with Crippen molar-refractivity contribution in [2.24, 2.45) is 5.92 Å². The second-order valence-electron chi connectivity index (χ2n) is 3.16. The van der Waals surface area contributed by atoms with Crippen LogP contribution in [-0.2, 0) is 0 Å². The van der Waals surface area contributed by atoms with Crippen LogP contribution in [0.3, 0.4) is 0 Å². The molecule has 2 nitrogen and oxygen atoms in total. The van der Waals surface area contributed by atoms with Gasteiger partial charge < -0.3 is 10.2 Å². The Morgan fingerprint density at radius 2 is 2.36 bits per heavy atom. The Morgan fingerprint density at radius 3 is 2.82 bits per heavy atom. The topological polar surface area (TPSA) is 40.5 Å². The van der Waals surface area contributed by atoms with Crippen LogP contribution in [0.2, 0.25) is 0 Å². The molecule has 0 aromatic heterocycles. The van der Waals surface area contributed by atoms with Crippen LogP contribution >= 0.6 is 0 Å². The lowest BCUT2D eigenvalue weighted by atomic mass is 9.87. The summed E-state index contributed by atoms with van der Waals surface area (Å²) < 4.78 is 0. The first-order chi connectivity index (χ1) is 5.11. The molecule has 0 radical (unpaired) electrons. The predicted octanol–water partition coefficient (Wildman–Crippen LogP) is 1.78. The van der Waals surface area contributed by atoms with Crippen LogP contribution in [0, 0.1) is 5.92 Å². The molecule has 2 atom stereocenters. The van der Waals surface area contributed by atoms with Gasteiger partial charge in [0.25, 0.3) is 0 Å². The maximum absolute atomic E-state index is 9.24. The number of hydrogen-bond acceptors (Lipinski definition) is 2. The van der Waals surface area contributed by atoms with Crippen LogP contribution in [0.15, 0.2) is 24.0 Å². The highest BCUT2D eigenvalue weighted by molar-refractivity contribution is 5.10. The lowest BCUT2D eigenvalue weighted by molar-refractivity contribution is 0.121. The lowest BCUT2D eigenvalue weighted by Crippen LogP contribution is -2.20. The van der Waals surface area contributed by atoms with Gasteiger partial charge in [-0.1, -0.05) is 12.2 Å². The molecule has 1 rings (SSSR count). The molecule has 0 saturated heterocycles. The highest BCUT2D eigenvalue weighted by Crippen LogP contribution is 2.27. The van der Waals surface area contributed by atoms with Crippen molar-refractivity contribution in [2.75, 3.05) is 0 Å². The first kappa shape index (κ1) is 8.34. The summed E-state index contributed by atoms with van der Waals surface area (Å²) in [6.45, 7) is 5.77. The Kier molecular flexibility index (Phi) is 2.35. The lowest BCUT2D eigenvalue weighted by Gasteiger charge is -2.23. The first-order valence-corrected chi connectivity index (χ1v) is 3.83. The zero-order chi connectivity index (χ0) is 8.43. The van der Waals surface area contributed by atoms with Crippen LogP contribution in [0.5, 0.6) is 0 Å². The molecule has 0 aromatic rings. The molecule has 0 heterocycles. The van der Waals surface area contributed by atoms with Gasteiger partial charge in [0.05, 0.1) is 0 Å². The van der Waals surface area contributed by atoms with E-state index in [0.717, 1.165) is 12.0 Å². The van der Waals surface area contributed by atoms with Crippen molar-refractivity contribution in [3.8, 4) is 0 Å². The Balaban J connectivity index is 2.62. The summed E-state index contributed by atoms with van der Waals surface area (Å²) >= 11 is 0. The first-order valence-electron chi connectivity index (χ1n) is 3.83. The highest BCUT2D eigenvalue weighted by Gasteiger charge is 2.21. The molecule has 0 aliphatic heterocycles. The molecule has 2 N–H and O–H groups in total. The maximum atomic E-state index is 9.24. The zero-order valence-electron chi connectivity index (χ0n) is 6.75. The fourth-order valence-corrected chi connectivity index (χ4v) is 1.29. The molecule has 0 unspecified atom stereocenters. The molecular weight excluding hydrogens is 140 g/mol. The normalized spacial score (nSPS) is 31.3. The maximum Gasteiger partial charge on any atom is 0.117 e. The highest BCUT2D eigenvalue weighted by atomic mass is 16.3. The van der Waals surface area contributed by atoms with E-state index in [-0.39, 0.29) is 5.76 Å². The van der Waals surface area contributed by atoms with E-state index >= 15 is 0 Å². The molecule has 0 bridgehead atoms. The zero-order valence-corrected chi connectivity index (χ0v) is 6.75. The van der Waals surface area contributed by atoms with Crippen molar-refractivity contribution in [3.05, 3.63) is 24.0 Å². The summed E-state index contributed by atoms with van der Waals surface area (Å²) in [5.74, 6) is 0.448. The Morgan fingerprint density at radius 1 is 1.73 bits per heavy atom. The second kappa shape index (κ2) is 3.09. The molecule has 62 valence electrons. The third-order valence-corrected chi connectivity index (χ3v) is 2.16. The summed E-state index contributed by atoms with van der Waals surface area (Å²) in [6.07, 6.45) is 2.41. The van der Waals surface area contributed by atoms with Gasteiger partial charge in [0, 0.05) is 0 Å². The van der Waals surface area contributed by atoms with E-state index in [1.54, 1.807) is 6.08 Å². The van der Waals surface area contributed by atoms with Gasteiger partial charge in [-0.15, -0.1) is 0 Å². The summed E-state index contributed by atoms with van der Waals surface area (Å²) in [4.78, 5) is 0. The third kappa shape index (κ3) is 1.84. The Bertz CT molecular complexity index is 194. The quantitative estimate of drug-likeness (QED) is 0.565. The second-order valence-corrected chi connectivity index (χ2v) is 3.16. The Labute approximate surface area is 66.9 Å². The fourth-order valence-electron chi connectivity index (χ4n) is 1.29. The number of aliphatic hydroxyl groups excluding tert-OH is 2. The van der Waals surface area contributed by atoms with Gasteiger partial charge in [-0.25, -0.2) is 0 Å². The van der Waals surface area contributed by atoms with Gasteiger partial charge in [0.1, 0.15) is 11.9 Å². The summed E-state index contributed by atoms with van der Waals surface area (Å²) in [5, 5.41) is 18.3. The van der Waals surface area contributed by atoms with E-state index < -0.39 is 6.10 Å². The van der Waals surface area contributed by atoms with Crippen LogP contribution < -0.4 is 0 Å². The molecule has 0 spiro atoms. The van der Waals surface area contributed by atoms with E-state index in [2.05, 4.69) is 6.58 Å². The largest absolute Gasteiger partial charge is 0.510 e. The van der Waals surface area contributed by atoms with Crippen molar-refractivity contribution < 1.29 is 10.2 Å². The number of allylic oxidation sites excluding steroid dienone is 2. The van der Waals surface area contributed by atoms with E-state index in [0.29, 0.717) is 12.3 Å². The minimum Gasteiger partial charge on any atom is -0.510 e. The predicted molar refractivity (Wildman–Crippen MR) is 44.3 cm³/mol. The molecular formula is C9H14O2.